The smallest absolute Gasteiger partial charge is 0.0497 e. The second-order valence-corrected chi connectivity index (χ2v) is 7.41. The third-order valence-corrected chi connectivity index (χ3v) is 6.43. The van der Waals surface area contributed by atoms with E-state index in [4.69, 9.17) is 4.74 Å². The topological polar surface area (TPSA) is 9.23 Å². The van der Waals surface area contributed by atoms with Crippen molar-refractivity contribution in [2.75, 3.05) is 13.2 Å². The molecule has 0 aromatic rings. The van der Waals surface area contributed by atoms with Crippen molar-refractivity contribution in [3.05, 3.63) is 0 Å². The molecule has 0 aromatic heterocycles. The average molecular weight is 234 g/mol. The van der Waals surface area contributed by atoms with Crippen LogP contribution in [0.4, 0.5) is 0 Å². The minimum absolute atomic E-state index is 0.937. The molecule has 4 aliphatic rings. The van der Waals surface area contributed by atoms with Gasteiger partial charge in [0, 0.05) is 13.2 Å². The Morgan fingerprint density at radius 3 is 1.53 bits per heavy atom. The Balaban J connectivity index is 1.22. The molecule has 17 heavy (non-hydrogen) atoms. The molecule has 0 amide bonds. The fraction of sp³-hybridized carbons (Fsp3) is 1.00. The first-order valence-corrected chi connectivity index (χ1v) is 7.96. The summed E-state index contributed by atoms with van der Waals surface area (Å²) in [6.07, 6.45) is 12.1. The van der Waals surface area contributed by atoms with Crippen LogP contribution in [0.3, 0.4) is 0 Å². The first kappa shape index (κ1) is 10.8. The normalized spacial score (nSPS) is 51.5. The van der Waals surface area contributed by atoms with Crippen molar-refractivity contribution < 1.29 is 4.74 Å². The highest BCUT2D eigenvalue weighted by Crippen LogP contribution is 2.50. The highest BCUT2D eigenvalue weighted by atomic mass is 16.5. The van der Waals surface area contributed by atoms with Gasteiger partial charge in [0.15, 0.2) is 0 Å². The van der Waals surface area contributed by atoms with E-state index >= 15 is 0 Å². The van der Waals surface area contributed by atoms with Crippen molar-refractivity contribution in [2.24, 2.45) is 35.5 Å². The molecule has 4 rings (SSSR count). The lowest BCUT2D eigenvalue weighted by atomic mass is 9.88. The number of fused-ring (bicyclic) bond motifs is 4. The maximum Gasteiger partial charge on any atom is 0.0497 e. The highest BCUT2D eigenvalue weighted by Gasteiger charge is 2.41. The molecule has 4 fully saturated rings. The lowest BCUT2D eigenvalue weighted by Gasteiger charge is -2.25. The first-order valence-electron chi connectivity index (χ1n) is 7.96. The van der Waals surface area contributed by atoms with Crippen LogP contribution in [-0.2, 0) is 4.74 Å². The van der Waals surface area contributed by atoms with E-state index < -0.39 is 0 Å². The lowest BCUT2D eigenvalue weighted by Crippen LogP contribution is -2.22. The molecule has 0 saturated heterocycles. The van der Waals surface area contributed by atoms with Gasteiger partial charge in [-0.25, -0.2) is 0 Å². The molecule has 0 N–H and O–H groups in total. The van der Waals surface area contributed by atoms with Crippen LogP contribution in [0.1, 0.15) is 51.4 Å². The van der Waals surface area contributed by atoms with E-state index in [9.17, 15) is 0 Å². The molecule has 1 nitrogen and oxygen atoms in total. The number of rotatable bonds is 4. The summed E-state index contributed by atoms with van der Waals surface area (Å²) in [5, 5.41) is 0. The molecular formula is C16H26O. The van der Waals surface area contributed by atoms with Gasteiger partial charge in [0.2, 0.25) is 0 Å². The minimum atomic E-state index is 0.937. The Bertz CT molecular complexity index is 259. The van der Waals surface area contributed by atoms with Gasteiger partial charge in [-0.15, -0.1) is 0 Å². The molecule has 1 heteroatoms. The van der Waals surface area contributed by atoms with Crippen LogP contribution >= 0.6 is 0 Å². The average Bonchev–Trinajstić information content (AvgIpc) is 3.09. The summed E-state index contributed by atoms with van der Waals surface area (Å²) in [5.41, 5.74) is 0. The summed E-state index contributed by atoms with van der Waals surface area (Å²) < 4.78 is 6.11. The van der Waals surface area contributed by atoms with E-state index in [0.29, 0.717) is 0 Å². The molecule has 0 aromatic carbocycles. The largest absolute Gasteiger partial charge is 0.381 e. The molecule has 4 saturated carbocycles. The van der Waals surface area contributed by atoms with Gasteiger partial charge in [0.25, 0.3) is 0 Å². The summed E-state index contributed by atoms with van der Waals surface area (Å²) in [5.74, 6) is 6.12. The molecule has 0 unspecified atom stereocenters. The van der Waals surface area contributed by atoms with Crippen LogP contribution in [0, 0.1) is 35.5 Å². The van der Waals surface area contributed by atoms with Crippen molar-refractivity contribution in [1.82, 2.24) is 0 Å². The van der Waals surface area contributed by atoms with Crippen LogP contribution < -0.4 is 0 Å². The number of hydrogen-bond donors (Lipinski definition) is 0. The molecule has 0 radical (unpaired) electrons. The van der Waals surface area contributed by atoms with Gasteiger partial charge in [0.1, 0.15) is 0 Å². The van der Waals surface area contributed by atoms with Crippen LogP contribution in [0.25, 0.3) is 0 Å². The minimum Gasteiger partial charge on any atom is -0.381 e. The van der Waals surface area contributed by atoms with Crippen molar-refractivity contribution in [2.45, 2.75) is 51.4 Å². The molecule has 6 atom stereocenters. The Kier molecular flexibility index (Phi) is 2.72. The third-order valence-electron chi connectivity index (χ3n) is 6.43. The highest BCUT2D eigenvalue weighted by molar-refractivity contribution is 4.91. The van der Waals surface area contributed by atoms with Gasteiger partial charge < -0.3 is 4.74 Å². The predicted molar refractivity (Wildman–Crippen MR) is 68.7 cm³/mol. The summed E-state index contributed by atoms with van der Waals surface area (Å²) >= 11 is 0. The SMILES string of the molecule is C1C[C@H]2C[C@@H]1C[C@@H]2COC[C@@H]1C[C@H]2CC[C@@H]1C2. The van der Waals surface area contributed by atoms with Gasteiger partial charge in [-0.1, -0.05) is 12.8 Å². The first-order chi connectivity index (χ1) is 8.38. The Morgan fingerprint density at radius 2 is 1.18 bits per heavy atom. The van der Waals surface area contributed by atoms with E-state index in [0.717, 1.165) is 48.7 Å². The molecule has 0 heterocycles. The Labute approximate surface area is 105 Å². The fourth-order valence-corrected chi connectivity index (χ4v) is 5.53. The van der Waals surface area contributed by atoms with Crippen LogP contribution in [0.5, 0.6) is 0 Å². The van der Waals surface area contributed by atoms with Crippen molar-refractivity contribution in [3.8, 4) is 0 Å². The van der Waals surface area contributed by atoms with Gasteiger partial charge in [0.05, 0.1) is 0 Å². The fourth-order valence-electron chi connectivity index (χ4n) is 5.53. The third kappa shape index (κ3) is 1.95. The van der Waals surface area contributed by atoms with E-state index in [1.807, 2.05) is 0 Å². The van der Waals surface area contributed by atoms with Gasteiger partial charge in [-0.3, -0.25) is 0 Å². The van der Waals surface area contributed by atoms with Crippen LogP contribution in [-0.4, -0.2) is 13.2 Å². The maximum atomic E-state index is 6.11. The standard InChI is InChI=1S/C16H26O/c1-3-13-5-11(1)7-15(13)9-17-10-16-8-12-2-4-14(16)6-12/h11-16H,1-10H2/t11-,12+,13+,14-,15-,16+. The van der Waals surface area contributed by atoms with Crippen LogP contribution in [0.2, 0.25) is 0 Å². The Hall–Kier alpha value is -0.0400. The van der Waals surface area contributed by atoms with Crippen molar-refractivity contribution in [1.29, 1.82) is 0 Å². The maximum absolute atomic E-state index is 6.11. The number of hydrogen-bond acceptors (Lipinski definition) is 1. The zero-order chi connectivity index (χ0) is 11.2. The van der Waals surface area contributed by atoms with Crippen LogP contribution in [0.15, 0.2) is 0 Å². The van der Waals surface area contributed by atoms with Crippen molar-refractivity contribution in [3.63, 3.8) is 0 Å². The van der Waals surface area contributed by atoms with E-state index in [2.05, 4.69) is 0 Å². The Morgan fingerprint density at radius 1 is 0.647 bits per heavy atom. The summed E-state index contributed by atoms with van der Waals surface area (Å²) in [6.45, 7) is 2.18. The lowest BCUT2D eigenvalue weighted by molar-refractivity contribution is 0.0413. The zero-order valence-corrected chi connectivity index (χ0v) is 10.9. The summed E-state index contributed by atoms with van der Waals surface area (Å²) in [4.78, 5) is 0. The van der Waals surface area contributed by atoms with E-state index in [1.165, 1.54) is 51.4 Å². The molecule has 0 aliphatic heterocycles. The second kappa shape index (κ2) is 4.26. The number of ether oxygens (including phenoxy) is 1. The van der Waals surface area contributed by atoms with Gasteiger partial charge in [-0.05, 0) is 74.0 Å². The molecular weight excluding hydrogens is 208 g/mol. The van der Waals surface area contributed by atoms with E-state index in [1.54, 1.807) is 0 Å². The van der Waals surface area contributed by atoms with Gasteiger partial charge in [-0.2, -0.15) is 0 Å². The van der Waals surface area contributed by atoms with Crippen molar-refractivity contribution >= 4 is 0 Å². The quantitative estimate of drug-likeness (QED) is 0.717. The van der Waals surface area contributed by atoms with E-state index in [-0.39, 0.29) is 0 Å². The molecule has 96 valence electrons. The monoisotopic (exact) mass is 234 g/mol. The predicted octanol–water partition coefficient (Wildman–Crippen LogP) is 3.88. The summed E-state index contributed by atoms with van der Waals surface area (Å²) in [6, 6.07) is 0. The van der Waals surface area contributed by atoms with Gasteiger partial charge >= 0.3 is 0 Å². The summed E-state index contributed by atoms with van der Waals surface area (Å²) in [7, 11) is 0. The molecule has 4 aliphatic carbocycles. The molecule has 0 spiro atoms. The zero-order valence-electron chi connectivity index (χ0n) is 10.9. The molecule has 4 bridgehead atoms. The second-order valence-electron chi connectivity index (χ2n) is 7.41.